The Labute approximate surface area is 122 Å². The quantitative estimate of drug-likeness (QED) is 0.822. The molecule has 1 saturated carbocycles. The lowest BCUT2D eigenvalue weighted by atomic mass is 10.0. The van der Waals surface area contributed by atoms with Gasteiger partial charge in [-0.3, -0.25) is 0 Å². The van der Waals surface area contributed by atoms with Gasteiger partial charge >= 0.3 is 6.09 Å². The summed E-state index contributed by atoms with van der Waals surface area (Å²) in [6.45, 7) is 9.81. The number of alkyl carbamates (subject to hydrolysis) is 1. The lowest BCUT2D eigenvalue weighted by Gasteiger charge is -2.33. The number of hydrogen-bond acceptors (Lipinski definition) is 4. The highest BCUT2D eigenvalue weighted by atomic mass is 16.6. The first-order valence-corrected chi connectivity index (χ1v) is 7.79. The number of hydrogen-bond donors (Lipinski definition) is 2. The van der Waals surface area contributed by atoms with Gasteiger partial charge in [-0.1, -0.05) is 0 Å². The smallest absolute Gasteiger partial charge is 0.407 e. The van der Waals surface area contributed by atoms with E-state index in [1.54, 1.807) is 0 Å². The van der Waals surface area contributed by atoms with Crippen molar-refractivity contribution < 1.29 is 9.53 Å². The van der Waals surface area contributed by atoms with Crippen molar-refractivity contribution >= 4 is 6.09 Å². The number of piperidine rings is 1. The highest BCUT2D eigenvalue weighted by Crippen LogP contribution is 2.38. The van der Waals surface area contributed by atoms with Crippen molar-refractivity contribution in [2.45, 2.75) is 51.7 Å². The predicted molar refractivity (Wildman–Crippen MR) is 79.5 cm³/mol. The van der Waals surface area contributed by atoms with Crippen LogP contribution in [0.15, 0.2) is 0 Å². The molecule has 0 aromatic rings. The summed E-state index contributed by atoms with van der Waals surface area (Å²) >= 11 is 0. The van der Waals surface area contributed by atoms with Gasteiger partial charge in [0, 0.05) is 25.7 Å². The van der Waals surface area contributed by atoms with E-state index in [2.05, 4.69) is 10.2 Å². The summed E-state index contributed by atoms with van der Waals surface area (Å²) in [5.74, 6) is 1.57. The van der Waals surface area contributed by atoms with E-state index in [-0.39, 0.29) is 12.1 Å². The van der Waals surface area contributed by atoms with Crippen LogP contribution in [-0.4, -0.2) is 48.8 Å². The van der Waals surface area contributed by atoms with Crippen LogP contribution in [0, 0.1) is 11.8 Å². The number of nitrogens with zero attached hydrogens (tertiary/aromatic N) is 1. The molecule has 20 heavy (non-hydrogen) atoms. The van der Waals surface area contributed by atoms with E-state index in [0.29, 0.717) is 0 Å². The van der Waals surface area contributed by atoms with Gasteiger partial charge in [0.2, 0.25) is 0 Å². The van der Waals surface area contributed by atoms with E-state index in [1.165, 1.54) is 13.0 Å². The Bertz CT molecular complexity index is 333. The highest BCUT2D eigenvalue weighted by Gasteiger charge is 2.37. The van der Waals surface area contributed by atoms with Crippen molar-refractivity contribution in [3.63, 3.8) is 0 Å². The fraction of sp³-hybridized carbons (Fsp3) is 0.933. The Morgan fingerprint density at radius 3 is 2.45 bits per heavy atom. The molecule has 2 atom stereocenters. The molecule has 2 aliphatic rings. The van der Waals surface area contributed by atoms with Gasteiger partial charge in [-0.25, -0.2) is 4.79 Å². The van der Waals surface area contributed by atoms with Gasteiger partial charge in [0.15, 0.2) is 0 Å². The lowest BCUT2D eigenvalue weighted by molar-refractivity contribution is 0.0478. The first-order chi connectivity index (χ1) is 9.37. The second kappa shape index (κ2) is 6.31. The maximum atomic E-state index is 11.7. The second-order valence-electron chi connectivity index (χ2n) is 7.21. The maximum absolute atomic E-state index is 11.7. The molecule has 3 N–H and O–H groups in total. The molecule has 0 radical (unpaired) electrons. The average molecular weight is 283 g/mol. The van der Waals surface area contributed by atoms with E-state index in [1.807, 2.05) is 20.8 Å². The summed E-state index contributed by atoms with van der Waals surface area (Å²) in [5.41, 5.74) is 5.25. The van der Waals surface area contributed by atoms with Gasteiger partial charge < -0.3 is 20.7 Å². The molecule has 1 aliphatic carbocycles. The van der Waals surface area contributed by atoms with Gasteiger partial charge in [-0.2, -0.15) is 0 Å². The minimum absolute atomic E-state index is 0.255. The van der Waals surface area contributed by atoms with Gasteiger partial charge in [0.05, 0.1) is 0 Å². The molecule has 5 nitrogen and oxygen atoms in total. The minimum Gasteiger partial charge on any atom is -0.444 e. The first-order valence-electron chi connectivity index (χ1n) is 7.79. The normalized spacial score (nSPS) is 28.2. The number of carbonyl (C=O) groups excluding carboxylic acids is 1. The molecule has 1 saturated heterocycles. The number of nitrogens with one attached hydrogen (secondary N) is 1. The number of ether oxygens (including phenoxy) is 1. The summed E-state index contributed by atoms with van der Waals surface area (Å²) in [6, 6.07) is 0.255. The van der Waals surface area contributed by atoms with E-state index in [4.69, 9.17) is 10.5 Å². The minimum atomic E-state index is -0.423. The summed E-state index contributed by atoms with van der Waals surface area (Å²) in [5, 5.41) is 2.98. The van der Waals surface area contributed by atoms with Crippen molar-refractivity contribution in [1.29, 1.82) is 0 Å². The zero-order chi connectivity index (χ0) is 14.8. The number of likely N-dealkylation sites (tertiary alicyclic amines) is 1. The second-order valence-corrected chi connectivity index (χ2v) is 7.21. The molecule has 0 aromatic heterocycles. The van der Waals surface area contributed by atoms with Crippen LogP contribution in [0.5, 0.6) is 0 Å². The summed E-state index contributed by atoms with van der Waals surface area (Å²) in [4.78, 5) is 14.2. The van der Waals surface area contributed by atoms with E-state index < -0.39 is 5.60 Å². The van der Waals surface area contributed by atoms with E-state index >= 15 is 0 Å². The summed E-state index contributed by atoms with van der Waals surface area (Å²) < 4.78 is 5.29. The van der Waals surface area contributed by atoms with Gasteiger partial charge in [0.25, 0.3) is 0 Å². The topological polar surface area (TPSA) is 67.6 Å². The number of nitrogens with two attached hydrogens (primary N) is 1. The van der Waals surface area contributed by atoms with E-state index in [9.17, 15) is 4.79 Å². The monoisotopic (exact) mass is 283 g/mol. The third kappa shape index (κ3) is 4.94. The molecule has 2 fully saturated rings. The molecule has 1 amide bonds. The van der Waals surface area contributed by atoms with Crippen molar-refractivity contribution in [1.82, 2.24) is 10.2 Å². The Balaban J connectivity index is 1.63. The van der Waals surface area contributed by atoms with Gasteiger partial charge in [-0.05, 0) is 58.4 Å². The summed E-state index contributed by atoms with van der Waals surface area (Å²) in [7, 11) is 0. The zero-order valence-electron chi connectivity index (χ0n) is 13.0. The fourth-order valence-corrected chi connectivity index (χ4v) is 2.89. The van der Waals surface area contributed by atoms with Crippen LogP contribution < -0.4 is 11.1 Å². The van der Waals surface area contributed by atoms with Crippen LogP contribution in [0.25, 0.3) is 0 Å². The maximum Gasteiger partial charge on any atom is 0.407 e. The van der Waals surface area contributed by atoms with Crippen molar-refractivity contribution in [3.05, 3.63) is 0 Å². The Kier molecular flexibility index (Phi) is 4.91. The number of amides is 1. The molecule has 0 spiro atoms. The standard InChI is InChI=1S/C15H29N3O2/c1-15(2,3)20-14(19)17-13-4-6-18(7-5-13)10-12-8-11(12)9-16/h11-13H,4-10,16H2,1-3H3,(H,17,19)/t11-,12+/m1/s1. The number of carbonyl (C=O) groups is 1. The van der Waals surface area contributed by atoms with Crippen LogP contribution in [-0.2, 0) is 4.74 Å². The fourth-order valence-electron chi connectivity index (χ4n) is 2.89. The van der Waals surface area contributed by atoms with Crippen LogP contribution >= 0.6 is 0 Å². The third-order valence-corrected chi connectivity index (χ3v) is 4.17. The molecule has 2 rings (SSSR count). The van der Waals surface area contributed by atoms with Gasteiger partial charge in [0.1, 0.15) is 5.60 Å². The van der Waals surface area contributed by atoms with Crippen LogP contribution in [0.4, 0.5) is 4.79 Å². The SMILES string of the molecule is CC(C)(C)OC(=O)NC1CCN(C[C@@H]2C[C@@H]2CN)CC1. The first kappa shape index (κ1) is 15.6. The average Bonchev–Trinajstić information content (AvgIpc) is 3.07. The predicted octanol–water partition coefficient (Wildman–Crippen LogP) is 1.57. The molecule has 116 valence electrons. The molecule has 1 heterocycles. The third-order valence-electron chi connectivity index (χ3n) is 4.17. The van der Waals surface area contributed by atoms with Crippen molar-refractivity contribution in [2.75, 3.05) is 26.2 Å². The van der Waals surface area contributed by atoms with Crippen LogP contribution in [0.1, 0.15) is 40.0 Å². The Hall–Kier alpha value is -0.810. The lowest BCUT2D eigenvalue weighted by Crippen LogP contribution is -2.46. The molecule has 1 aliphatic heterocycles. The molecule has 0 bridgehead atoms. The molecular weight excluding hydrogens is 254 g/mol. The summed E-state index contributed by atoms with van der Waals surface area (Å²) in [6.07, 6.45) is 3.03. The Morgan fingerprint density at radius 2 is 1.95 bits per heavy atom. The highest BCUT2D eigenvalue weighted by molar-refractivity contribution is 5.68. The van der Waals surface area contributed by atoms with Crippen molar-refractivity contribution in [2.24, 2.45) is 17.6 Å². The van der Waals surface area contributed by atoms with Gasteiger partial charge in [-0.15, -0.1) is 0 Å². The Morgan fingerprint density at radius 1 is 1.30 bits per heavy atom. The molecule has 5 heteroatoms. The largest absolute Gasteiger partial charge is 0.444 e. The molecule has 0 unspecified atom stereocenters. The van der Waals surface area contributed by atoms with Crippen molar-refractivity contribution in [3.8, 4) is 0 Å². The zero-order valence-corrected chi connectivity index (χ0v) is 13.0. The molecular formula is C15H29N3O2. The van der Waals surface area contributed by atoms with Crippen LogP contribution in [0.3, 0.4) is 0 Å². The molecule has 0 aromatic carbocycles. The van der Waals surface area contributed by atoms with E-state index in [0.717, 1.165) is 44.3 Å². The number of rotatable bonds is 4. The van der Waals surface area contributed by atoms with Crippen LogP contribution in [0.2, 0.25) is 0 Å².